The van der Waals surface area contributed by atoms with Gasteiger partial charge < -0.3 is 5.73 Å². The molecular weight excluding hydrogens is 218 g/mol. The van der Waals surface area contributed by atoms with Crippen molar-refractivity contribution >= 4 is 5.69 Å². The second-order valence-electron chi connectivity index (χ2n) is 4.17. The Morgan fingerprint density at radius 1 is 1.18 bits per heavy atom. The summed E-state index contributed by atoms with van der Waals surface area (Å²) in [5, 5.41) is 0. The van der Waals surface area contributed by atoms with E-state index in [-0.39, 0.29) is 16.9 Å². The standard InChI is InChI=1S/C12H21N3O2/c1-3-5-6-7-8-15-11(16)10(13)9-14(4-2)12(15)17/h9H,3-8,13H2,1-2H3. The maximum absolute atomic E-state index is 11.9. The Bertz CT molecular complexity index is 474. The van der Waals surface area contributed by atoms with E-state index in [1.165, 1.54) is 15.3 Å². The summed E-state index contributed by atoms with van der Waals surface area (Å²) in [5.41, 5.74) is 5.12. The molecule has 5 heteroatoms. The molecule has 2 N–H and O–H groups in total. The summed E-state index contributed by atoms with van der Waals surface area (Å²) in [5.74, 6) is 0. The molecule has 0 aliphatic carbocycles. The molecule has 0 saturated carbocycles. The van der Waals surface area contributed by atoms with Gasteiger partial charge in [-0.15, -0.1) is 0 Å². The summed E-state index contributed by atoms with van der Waals surface area (Å²) in [6.45, 7) is 4.96. The zero-order valence-corrected chi connectivity index (χ0v) is 10.6. The molecule has 17 heavy (non-hydrogen) atoms. The summed E-state index contributed by atoms with van der Waals surface area (Å²) < 4.78 is 2.71. The molecule has 1 rings (SSSR count). The number of nitrogens with two attached hydrogens (primary N) is 1. The van der Waals surface area contributed by atoms with Crippen LogP contribution in [0.15, 0.2) is 15.8 Å². The van der Waals surface area contributed by atoms with Gasteiger partial charge in [0, 0.05) is 19.3 Å². The van der Waals surface area contributed by atoms with Crippen molar-refractivity contribution in [2.75, 3.05) is 5.73 Å². The highest BCUT2D eigenvalue weighted by Crippen LogP contribution is 2.00. The monoisotopic (exact) mass is 239 g/mol. The molecule has 0 unspecified atom stereocenters. The summed E-state index contributed by atoms with van der Waals surface area (Å²) in [4.78, 5) is 23.7. The van der Waals surface area contributed by atoms with E-state index in [0.717, 1.165) is 25.7 Å². The highest BCUT2D eigenvalue weighted by Gasteiger charge is 2.07. The first-order valence-electron chi connectivity index (χ1n) is 6.21. The Kier molecular flexibility index (Phi) is 5.00. The third kappa shape index (κ3) is 3.22. The molecule has 0 aromatic carbocycles. The molecule has 0 fully saturated rings. The SMILES string of the molecule is CCCCCCn1c(=O)c(N)cn(CC)c1=O. The predicted octanol–water partition coefficient (Wildman–Crippen LogP) is 1.19. The van der Waals surface area contributed by atoms with Crippen molar-refractivity contribution in [3.05, 3.63) is 27.0 Å². The van der Waals surface area contributed by atoms with Crippen LogP contribution in [0.3, 0.4) is 0 Å². The van der Waals surface area contributed by atoms with Crippen LogP contribution in [0.25, 0.3) is 0 Å². The molecule has 0 radical (unpaired) electrons. The van der Waals surface area contributed by atoms with Crippen LogP contribution in [-0.4, -0.2) is 9.13 Å². The van der Waals surface area contributed by atoms with E-state index in [9.17, 15) is 9.59 Å². The minimum atomic E-state index is -0.365. The summed E-state index contributed by atoms with van der Waals surface area (Å²) in [6, 6.07) is 0. The molecule has 1 heterocycles. The average molecular weight is 239 g/mol. The van der Waals surface area contributed by atoms with Crippen molar-refractivity contribution < 1.29 is 0 Å². The molecule has 0 spiro atoms. The number of aryl methyl sites for hydroxylation is 1. The molecule has 0 saturated heterocycles. The maximum Gasteiger partial charge on any atom is 0.331 e. The number of hydrogen-bond acceptors (Lipinski definition) is 3. The van der Waals surface area contributed by atoms with Crippen molar-refractivity contribution in [1.82, 2.24) is 9.13 Å². The van der Waals surface area contributed by atoms with Gasteiger partial charge in [0.15, 0.2) is 0 Å². The van der Waals surface area contributed by atoms with Gasteiger partial charge in [-0.1, -0.05) is 26.2 Å². The largest absolute Gasteiger partial charge is 0.393 e. The normalized spacial score (nSPS) is 10.7. The fourth-order valence-corrected chi connectivity index (χ4v) is 1.80. The molecule has 1 aromatic heterocycles. The van der Waals surface area contributed by atoms with Crippen LogP contribution in [-0.2, 0) is 13.1 Å². The first-order valence-corrected chi connectivity index (χ1v) is 6.21. The summed E-state index contributed by atoms with van der Waals surface area (Å²) in [7, 11) is 0. The molecule has 0 aliphatic rings. The van der Waals surface area contributed by atoms with Crippen LogP contribution in [0.4, 0.5) is 5.69 Å². The molecular formula is C12H21N3O2. The number of nitrogen functional groups attached to an aromatic ring is 1. The highest BCUT2D eigenvalue weighted by molar-refractivity contribution is 5.30. The van der Waals surface area contributed by atoms with E-state index >= 15 is 0 Å². The van der Waals surface area contributed by atoms with Gasteiger partial charge >= 0.3 is 5.69 Å². The molecule has 96 valence electrons. The van der Waals surface area contributed by atoms with E-state index in [0.29, 0.717) is 13.1 Å². The first kappa shape index (κ1) is 13.5. The Balaban J connectivity index is 2.94. The molecule has 0 amide bonds. The number of rotatable bonds is 6. The fraction of sp³-hybridized carbons (Fsp3) is 0.667. The van der Waals surface area contributed by atoms with Crippen molar-refractivity contribution in [3.8, 4) is 0 Å². The zero-order chi connectivity index (χ0) is 12.8. The second kappa shape index (κ2) is 6.27. The Labute approximate surface area is 101 Å². The predicted molar refractivity (Wildman–Crippen MR) is 69.2 cm³/mol. The lowest BCUT2D eigenvalue weighted by Gasteiger charge is -2.09. The van der Waals surface area contributed by atoms with Gasteiger partial charge in [-0.05, 0) is 13.3 Å². The van der Waals surface area contributed by atoms with Crippen LogP contribution in [0.1, 0.15) is 39.5 Å². The van der Waals surface area contributed by atoms with Crippen LogP contribution >= 0.6 is 0 Å². The lowest BCUT2D eigenvalue weighted by Crippen LogP contribution is -2.40. The minimum absolute atomic E-state index is 0.141. The van der Waals surface area contributed by atoms with Crippen LogP contribution in [0, 0.1) is 0 Å². The van der Waals surface area contributed by atoms with Gasteiger partial charge in [0.25, 0.3) is 5.56 Å². The molecule has 5 nitrogen and oxygen atoms in total. The van der Waals surface area contributed by atoms with E-state index in [4.69, 9.17) is 5.73 Å². The van der Waals surface area contributed by atoms with Crippen molar-refractivity contribution in [2.45, 2.75) is 52.6 Å². The lowest BCUT2D eigenvalue weighted by molar-refractivity contribution is 0.523. The van der Waals surface area contributed by atoms with E-state index < -0.39 is 0 Å². The molecule has 0 bridgehead atoms. The lowest BCUT2D eigenvalue weighted by atomic mass is 10.2. The maximum atomic E-state index is 11.9. The number of anilines is 1. The van der Waals surface area contributed by atoms with E-state index in [1.54, 1.807) is 0 Å². The second-order valence-corrected chi connectivity index (χ2v) is 4.17. The van der Waals surface area contributed by atoms with Crippen molar-refractivity contribution in [1.29, 1.82) is 0 Å². The number of nitrogens with zero attached hydrogens (tertiary/aromatic N) is 2. The van der Waals surface area contributed by atoms with E-state index in [1.807, 2.05) is 6.92 Å². The number of hydrogen-bond donors (Lipinski definition) is 1. The van der Waals surface area contributed by atoms with Crippen LogP contribution < -0.4 is 17.0 Å². The molecule has 0 atom stereocenters. The van der Waals surface area contributed by atoms with Gasteiger partial charge in [0.05, 0.1) is 0 Å². The number of aromatic nitrogens is 2. The Morgan fingerprint density at radius 2 is 1.88 bits per heavy atom. The highest BCUT2D eigenvalue weighted by atomic mass is 16.2. The number of unbranched alkanes of at least 4 members (excludes halogenated alkanes) is 3. The fourth-order valence-electron chi connectivity index (χ4n) is 1.80. The van der Waals surface area contributed by atoms with Gasteiger partial charge in [0.2, 0.25) is 0 Å². The van der Waals surface area contributed by atoms with Crippen LogP contribution in [0.5, 0.6) is 0 Å². The van der Waals surface area contributed by atoms with Crippen molar-refractivity contribution in [2.24, 2.45) is 0 Å². The van der Waals surface area contributed by atoms with Crippen LogP contribution in [0.2, 0.25) is 0 Å². The van der Waals surface area contributed by atoms with Gasteiger partial charge in [-0.25, -0.2) is 4.79 Å². The summed E-state index contributed by atoms with van der Waals surface area (Å²) in [6.07, 6.45) is 5.55. The first-order chi connectivity index (χ1) is 8.11. The zero-order valence-electron chi connectivity index (χ0n) is 10.6. The molecule has 0 aliphatic heterocycles. The smallest absolute Gasteiger partial charge is 0.331 e. The summed E-state index contributed by atoms with van der Waals surface area (Å²) >= 11 is 0. The van der Waals surface area contributed by atoms with E-state index in [2.05, 4.69) is 6.92 Å². The Hall–Kier alpha value is -1.52. The quantitative estimate of drug-likeness (QED) is 0.758. The van der Waals surface area contributed by atoms with Gasteiger partial charge in [0.1, 0.15) is 5.69 Å². The third-order valence-electron chi connectivity index (χ3n) is 2.84. The Morgan fingerprint density at radius 3 is 2.47 bits per heavy atom. The van der Waals surface area contributed by atoms with Crippen molar-refractivity contribution in [3.63, 3.8) is 0 Å². The minimum Gasteiger partial charge on any atom is -0.393 e. The third-order valence-corrected chi connectivity index (χ3v) is 2.84. The topological polar surface area (TPSA) is 70.0 Å². The van der Waals surface area contributed by atoms with Gasteiger partial charge in [-0.2, -0.15) is 0 Å². The van der Waals surface area contributed by atoms with Gasteiger partial charge in [-0.3, -0.25) is 13.9 Å². The average Bonchev–Trinajstić information content (AvgIpc) is 2.33. The molecule has 1 aromatic rings.